The van der Waals surface area contributed by atoms with Crippen molar-refractivity contribution in [1.29, 1.82) is 0 Å². The number of furan rings is 1. The molecule has 2 rings (SSSR count). The van der Waals surface area contributed by atoms with E-state index in [1.807, 2.05) is 24.3 Å². The summed E-state index contributed by atoms with van der Waals surface area (Å²) in [5.74, 6) is -2.59. The first-order valence-electron chi connectivity index (χ1n) is 6.38. The molecule has 1 aromatic heterocycles. The zero-order valence-corrected chi connectivity index (χ0v) is 11.8. The lowest BCUT2D eigenvalue weighted by Crippen LogP contribution is -2.03. The molecule has 0 bridgehead atoms. The van der Waals surface area contributed by atoms with Crippen LogP contribution in [0.5, 0.6) is 5.75 Å². The van der Waals surface area contributed by atoms with Crippen LogP contribution in [0.15, 0.2) is 52.8 Å². The largest absolute Gasteiger partial charge is 0.502 e. The highest BCUT2D eigenvalue weighted by Crippen LogP contribution is 2.17. The average Bonchev–Trinajstić information content (AvgIpc) is 2.96. The van der Waals surface area contributed by atoms with Gasteiger partial charge in [-0.05, 0) is 29.3 Å². The summed E-state index contributed by atoms with van der Waals surface area (Å²) in [6.45, 7) is 0. The Labute approximate surface area is 126 Å². The molecule has 1 aromatic carbocycles. The van der Waals surface area contributed by atoms with Gasteiger partial charge in [-0.15, -0.1) is 0 Å². The van der Waals surface area contributed by atoms with Crippen LogP contribution in [-0.2, 0) is 11.2 Å². The fourth-order valence-corrected chi connectivity index (χ4v) is 1.83. The van der Waals surface area contributed by atoms with Crippen molar-refractivity contribution in [3.05, 3.63) is 65.3 Å². The van der Waals surface area contributed by atoms with E-state index in [0.717, 1.165) is 16.9 Å². The number of ketones is 1. The van der Waals surface area contributed by atoms with E-state index in [1.54, 1.807) is 7.11 Å². The summed E-state index contributed by atoms with van der Waals surface area (Å²) in [6.07, 6.45) is 2.58. The summed E-state index contributed by atoms with van der Waals surface area (Å²) in [7, 11) is 1.59. The van der Waals surface area contributed by atoms with Crippen LogP contribution in [0.25, 0.3) is 0 Å². The SMILES string of the molecule is COc1ccc(Cc2coc(C(=O)C=C(O)C(=O)O)c2)cc1. The van der Waals surface area contributed by atoms with Gasteiger partial charge in [0, 0.05) is 12.5 Å². The molecule has 0 aliphatic rings. The number of rotatable bonds is 6. The highest BCUT2D eigenvalue weighted by atomic mass is 16.5. The summed E-state index contributed by atoms with van der Waals surface area (Å²) < 4.78 is 10.2. The van der Waals surface area contributed by atoms with Gasteiger partial charge in [0.05, 0.1) is 13.4 Å². The summed E-state index contributed by atoms with van der Waals surface area (Å²) in [5.41, 5.74) is 1.77. The molecule has 2 N–H and O–H groups in total. The second-order valence-corrected chi connectivity index (χ2v) is 4.54. The van der Waals surface area contributed by atoms with E-state index < -0.39 is 17.5 Å². The third-order valence-electron chi connectivity index (χ3n) is 2.95. The molecule has 2 aromatic rings. The lowest BCUT2D eigenvalue weighted by molar-refractivity contribution is -0.135. The molecular weight excluding hydrogens is 288 g/mol. The van der Waals surface area contributed by atoms with Gasteiger partial charge in [-0.25, -0.2) is 4.79 Å². The number of carbonyl (C=O) groups is 2. The molecule has 0 aliphatic heterocycles. The molecule has 22 heavy (non-hydrogen) atoms. The first-order valence-corrected chi connectivity index (χ1v) is 6.38. The zero-order valence-electron chi connectivity index (χ0n) is 11.8. The van der Waals surface area contributed by atoms with Crippen LogP contribution in [0.3, 0.4) is 0 Å². The van der Waals surface area contributed by atoms with Gasteiger partial charge < -0.3 is 19.4 Å². The molecular formula is C16H14O6. The predicted octanol–water partition coefficient (Wildman–Crippen LogP) is 2.59. The van der Waals surface area contributed by atoms with E-state index in [0.29, 0.717) is 12.5 Å². The number of hydrogen-bond donors (Lipinski definition) is 2. The highest BCUT2D eigenvalue weighted by molar-refractivity contribution is 6.06. The Balaban J connectivity index is 2.09. The summed E-state index contributed by atoms with van der Waals surface area (Å²) in [4.78, 5) is 22.2. The molecule has 114 valence electrons. The topological polar surface area (TPSA) is 97.0 Å². The minimum absolute atomic E-state index is 0.0312. The minimum Gasteiger partial charge on any atom is -0.502 e. The smallest absolute Gasteiger partial charge is 0.371 e. The first kappa shape index (κ1) is 15.4. The Morgan fingerprint density at radius 2 is 1.86 bits per heavy atom. The van der Waals surface area contributed by atoms with Gasteiger partial charge in [-0.1, -0.05) is 12.1 Å². The van der Waals surface area contributed by atoms with Crippen LogP contribution in [0.4, 0.5) is 0 Å². The molecule has 0 amide bonds. The Morgan fingerprint density at radius 3 is 2.45 bits per heavy atom. The Morgan fingerprint density at radius 1 is 1.18 bits per heavy atom. The monoisotopic (exact) mass is 302 g/mol. The molecule has 0 aliphatic carbocycles. The number of carboxylic acid groups (broad SMARTS) is 1. The van der Waals surface area contributed by atoms with Gasteiger partial charge in [-0.2, -0.15) is 0 Å². The first-order chi connectivity index (χ1) is 10.5. The van der Waals surface area contributed by atoms with Gasteiger partial charge in [0.1, 0.15) is 5.75 Å². The fraction of sp³-hybridized carbons (Fsp3) is 0.125. The fourth-order valence-electron chi connectivity index (χ4n) is 1.83. The molecule has 6 heteroatoms. The molecule has 1 heterocycles. The van der Waals surface area contributed by atoms with Crippen molar-refractivity contribution < 1.29 is 29.0 Å². The molecule has 0 atom stereocenters. The van der Waals surface area contributed by atoms with Crippen LogP contribution >= 0.6 is 0 Å². The van der Waals surface area contributed by atoms with Crippen LogP contribution in [0.1, 0.15) is 21.7 Å². The predicted molar refractivity (Wildman–Crippen MR) is 77.2 cm³/mol. The zero-order chi connectivity index (χ0) is 16.1. The van der Waals surface area contributed by atoms with E-state index in [-0.39, 0.29) is 5.76 Å². The van der Waals surface area contributed by atoms with Crippen LogP contribution < -0.4 is 4.74 Å². The normalized spacial score (nSPS) is 11.2. The molecule has 0 radical (unpaired) electrons. The quantitative estimate of drug-likeness (QED) is 0.483. The number of allylic oxidation sites excluding steroid dienone is 1. The number of carbonyl (C=O) groups excluding carboxylic acids is 1. The third kappa shape index (κ3) is 3.76. The number of aliphatic hydroxyl groups is 1. The molecule has 6 nitrogen and oxygen atoms in total. The van der Waals surface area contributed by atoms with Crippen LogP contribution in [-0.4, -0.2) is 29.1 Å². The lowest BCUT2D eigenvalue weighted by Gasteiger charge is -2.01. The van der Waals surface area contributed by atoms with Gasteiger partial charge in [0.25, 0.3) is 0 Å². The number of aliphatic hydroxyl groups excluding tert-OH is 1. The van der Waals surface area contributed by atoms with Crippen molar-refractivity contribution in [3.8, 4) is 5.75 Å². The van der Waals surface area contributed by atoms with Gasteiger partial charge in [-0.3, -0.25) is 4.79 Å². The average molecular weight is 302 g/mol. The number of benzene rings is 1. The molecule has 0 spiro atoms. The minimum atomic E-state index is -1.57. The summed E-state index contributed by atoms with van der Waals surface area (Å²) in [5, 5.41) is 17.5. The van der Waals surface area contributed by atoms with E-state index in [1.165, 1.54) is 12.3 Å². The maximum absolute atomic E-state index is 11.7. The number of carboxylic acids is 1. The van der Waals surface area contributed by atoms with E-state index in [4.69, 9.17) is 19.4 Å². The summed E-state index contributed by atoms with van der Waals surface area (Å²) >= 11 is 0. The highest BCUT2D eigenvalue weighted by Gasteiger charge is 2.13. The van der Waals surface area contributed by atoms with Crippen molar-refractivity contribution in [2.45, 2.75) is 6.42 Å². The van der Waals surface area contributed by atoms with Gasteiger partial charge >= 0.3 is 5.97 Å². The van der Waals surface area contributed by atoms with Gasteiger partial charge in [0.15, 0.2) is 5.76 Å². The van der Waals surface area contributed by atoms with E-state index in [9.17, 15) is 9.59 Å². The molecule has 0 saturated carbocycles. The Bertz CT molecular complexity index is 708. The van der Waals surface area contributed by atoms with Crippen molar-refractivity contribution in [3.63, 3.8) is 0 Å². The van der Waals surface area contributed by atoms with Crippen molar-refractivity contribution in [2.24, 2.45) is 0 Å². The van der Waals surface area contributed by atoms with Crippen molar-refractivity contribution >= 4 is 11.8 Å². The van der Waals surface area contributed by atoms with Crippen molar-refractivity contribution in [1.82, 2.24) is 0 Å². The van der Waals surface area contributed by atoms with Crippen LogP contribution in [0, 0.1) is 0 Å². The number of ether oxygens (including phenoxy) is 1. The second kappa shape index (κ2) is 6.62. The molecule has 0 saturated heterocycles. The number of methoxy groups -OCH3 is 1. The maximum Gasteiger partial charge on any atom is 0.371 e. The third-order valence-corrected chi connectivity index (χ3v) is 2.95. The number of aliphatic carboxylic acids is 1. The van der Waals surface area contributed by atoms with Crippen molar-refractivity contribution in [2.75, 3.05) is 7.11 Å². The number of hydrogen-bond acceptors (Lipinski definition) is 5. The molecule has 0 unspecified atom stereocenters. The van der Waals surface area contributed by atoms with E-state index >= 15 is 0 Å². The molecule has 0 fully saturated rings. The lowest BCUT2D eigenvalue weighted by atomic mass is 10.1. The second-order valence-electron chi connectivity index (χ2n) is 4.54. The Hall–Kier alpha value is -3.02. The maximum atomic E-state index is 11.7. The standard InChI is InChI=1S/C16H14O6/c1-21-12-4-2-10(3-5-12)6-11-7-15(22-9-11)13(17)8-14(18)16(19)20/h2-5,7-9,18H,6H2,1H3,(H,19,20). The van der Waals surface area contributed by atoms with Crippen LogP contribution in [0.2, 0.25) is 0 Å². The van der Waals surface area contributed by atoms with Gasteiger partial charge in [0.2, 0.25) is 11.5 Å². The Kier molecular flexibility index (Phi) is 4.63. The van der Waals surface area contributed by atoms with E-state index in [2.05, 4.69) is 0 Å². The summed E-state index contributed by atoms with van der Waals surface area (Å²) in [6, 6.07) is 8.95.